The number of benzene rings is 1. The van der Waals surface area contributed by atoms with Gasteiger partial charge in [0, 0.05) is 12.0 Å². The molecule has 0 spiro atoms. The summed E-state index contributed by atoms with van der Waals surface area (Å²) in [5.74, 6) is 0.732. The Morgan fingerprint density at radius 2 is 2.36 bits per heavy atom. The van der Waals surface area contributed by atoms with E-state index in [4.69, 9.17) is 4.74 Å². The van der Waals surface area contributed by atoms with Crippen molar-refractivity contribution < 1.29 is 9.53 Å². The summed E-state index contributed by atoms with van der Waals surface area (Å²) in [6.45, 7) is 6.36. The van der Waals surface area contributed by atoms with E-state index in [-0.39, 0.29) is 0 Å². The molecule has 0 aliphatic rings. The van der Waals surface area contributed by atoms with Gasteiger partial charge in [0.25, 0.3) is 0 Å². The SMILES string of the molecule is C=C(C)CCOc1cccc(C=O)c1. The van der Waals surface area contributed by atoms with Gasteiger partial charge in [-0.15, -0.1) is 6.58 Å². The summed E-state index contributed by atoms with van der Waals surface area (Å²) in [6, 6.07) is 7.12. The number of ether oxygens (including phenoxy) is 1. The average Bonchev–Trinajstić information content (AvgIpc) is 2.18. The van der Waals surface area contributed by atoms with Crippen LogP contribution in [-0.2, 0) is 0 Å². The van der Waals surface area contributed by atoms with Crippen molar-refractivity contribution in [3.8, 4) is 5.75 Å². The van der Waals surface area contributed by atoms with Crippen molar-refractivity contribution in [2.45, 2.75) is 13.3 Å². The van der Waals surface area contributed by atoms with Gasteiger partial charge in [0.1, 0.15) is 12.0 Å². The first-order valence-corrected chi connectivity index (χ1v) is 4.55. The molecular formula is C12H14O2. The zero-order valence-corrected chi connectivity index (χ0v) is 8.32. The predicted molar refractivity (Wildman–Crippen MR) is 56.8 cm³/mol. The Labute approximate surface area is 84.2 Å². The monoisotopic (exact) mass is 190 g/mol. The van der Waals surface area contributed by atoms with Crippen molar-refractivity contribution in [3.63, 3.8) is 0 Å². The molecule has 0 fully saturated rings. The lowest BCUT2D eigenvalue weighted by Gasteiger charge is -2.05. The fraction of sp³-hybridized carbons (Fsp3) is 0.250. The van der Waals surface area contributed by atoms with Gasteiger partial charge in [0.15, 0.2) is 0 Å². The summed E-state index contributed by atoms with van der Waals surface area (Å²) in [5.41, 5.74) is 1.73. The molecule has 0 aliphatic carbocycles. The Kier molecular flexibility index (Phi) is 3.92. The Balaban J connectivity index is 2.50. The molecule has 0 saturated heterocycles. The Hall–Kier alpha value is -1.57. The van der Waals surface area contributed by atoms with Crippen LogP contribution in [0.15, 0.2) is 36.4 Å². The van der Waals surface area contributed by atoms with Crippen LogP contribution in [0.2, 0.25) is 0 Å². The van der Waals surface area contributed by atoms with E-state index < -0.39 is 0 Å². The summed E-state index contributed by atoms with van der Waals surface area (Å²) in [7, 11) is 0. The van der Waals surface area contributed by atoms with Crippen LogP contribution in [0.1, 0.15) is 23.7 Å². The first kappa shape index (κ1) is 10.5. The second kappa shape index (κ2) is 5.22. The van der Waals surface area contributed by atoms with Crippen LogP contribution in [0.3, 0.4) is 0 Å². The van der Waals surface area contributed by atoms with Gasteiger partial charge in [0.2, 0.25) is 0 Å². The average molecular weight is 190 g/mol. The van der Waals surface area contributed by atoms with Crippen molar-refractivity contribution in [1.29, 1.82) is 0 Å². The summed E-state index contributed by atoms with van der Waals surface area (Å²) < 4.78 is 5.44. The summed E-state index contributed by atoms with van der Waals surface area (Å²) in [4.78, 5) is 10.5. The second-order valence-corrected chi connectivity index (χ2v) is 3.25. The van der Waals surface area contributed by atoms with Crippen molar-refractivity contribution in [2.75, 3.05) is 6.61 Å². The third-order valence-corrected chi connectivity index (χ3v) is 1.79. The van der Waals surface area contributed by atoms with E-state index in [1.807, 2.05) is 13.0 Å². The standard InChI is InChI=1S/C12H14O2/c1-10(2)6-7-14-12-5-3-4-11(8-12)9-13/h3-5,8-9H,1,6-7H2,2H3. The highest BCUT2D eigenvalue weighted by Crippen LogP contribution is 2.12. The minimum atomic E-state index is 0.609. The fourth-order valence-electron chi connectivity index (χ4n) is 1.02. The summed E-state index contributed by atoms with van der Waals surface area (Å²) in [5, 5.41) is 0. The van der Waals surface area contributed by atoms with Crippen molar-refractivity contribution >= 4 is 6.29 Å². The third kappa shape index (κ3) is 3.44. The minimum absolute atomic E-state index is 0.609. The second-order valence-electron chi connectivity index (χ2n) is 3.25. The highest BCUT2D eigenvalue weighted by Gasteiger charge is 1.95. The molecule has 1 aromatic rings. The maximum absolute atomic E-state index is 10.5. The molecule has 0 N–H and O–H groups in total. The van der Waals surface area contributed by atoms with E-state index in [1.54, 1.807) is 18.2 Å². The molecule has 0 unspecified atom stereocenters. The molecule has 0 radical (unpaired) electrons. The Morgan fingerprint density at radius 1 is 1.57 bits per heavy atom. The number of hydrogen-bond donors (Lipinski definition) is 0. The van der Waals surface area contributed by atoms with E-state index in [2.05, 4.69) is 6.58 Å². The number of rotatable bonds is 5. The fourth-order valence-corrected chi connectivity index (χ4v) is 1.02. The van der Waals surface area contributed by atoms with Crippen LogP contribution in [0.4, 0.5) is 0 Å². The van der Waals surface area contributed by atoms with Crippen LogP contribution >= 0.6 is 0 Å². The number of hydrogen-bond acceptors (Lipinski definition) is 2. The van der Waals surface area contributed by atoms with Crippen molar-refractivity contribution in [3.05, 3.63) is 42.0 Å². The lowest BCUT2D eigenvalue weighted by atomic mass is 10.2. The Morgan fingerprint density at radius 3 is 3.00 bits per heavy atom. The van der Waals surface area contributed by atoms with Crippen molar-refractivity contribution in [2.24, 2.45) is 0 Å². The van der Waals surface area contributed by atoms with Crippen LogP contribution in [0.5, 0.6) is 5.75 Å². The van der Waals surface area contributed by atoms with E-state index in [1.165, 1.54) is 0 Å². The van der Waals surface area contributed by atoms with Crippen LogP contribution in [0, 0.1) is 0 Å². The smallest absolute Gasteiger partial charge is 0.150 e. The lowest BCUT2D eigenvalue weighted by Crippen LogP contribution is -1.97. The third-order valence-electron chi connectivity index (χ3n) is 1.79. The zero-order chi connectivity index (χ0) is 10.4. The molecule has 0 aromatic heterocycles. The first-order valence-electron chi connectivity index (χ1n) is 4.55. The van der Waals surface area contributed by atoms with E-state index in [9.17, 15) is 4.79 Å². The van der Waals surface area contributed by atoms with Gasteiger partial charge in [-0.05, 0) is 19.1 Å². The summed E-state index contributed by atoms with van der Waals surface area (Å²) in [6.07, 6.45) is 1.65. The van der Waals surface area contributed by atoms with Gasteiger partial charge in [-0.25, -0.2) is 0 Å². The van der Waals surface area contributed by atoms with Gasteiger partial charge in [0.05, 0.1) is 6.61 Å². The van der Waals surface area contributed by atoms with Crippen LogP contribution in [-0.4, -0.2) is 12.9 Å². The van der Waals surface area contributed by atoms with Gasteiger partial charge in [-0.3, -0.25) is 4.79 Å². The first-order chi connectivity index (χ1) is 6.72. The molecule has 0 aliphatic heterocycles. The topological polar surface area (TPSA) is 26.3 Å². The quantitative estimate of drug-likeness (QED) is 0.527. The largest absolute Gasteiger partial charge is 0.493 e. The molecule has 0 heterocycles. The number of aldehydes is 1. The maximum Gasteiger partial charge on any atom is 0.150 e. The zero-order valence-electron chi connectivity index (χ0n) is 8.32. The number of carbonyl (C=O) groups is 1. The van der Waals surface area contributed by atoms with Gasteiger partial charge in [-0.1, -0.05) is 17.7 Å². The highest BCUT2D eigenvalue weighted by atomic mass is 16.5. The minimum Gasteiger partial charge on any atom is -0.493 e. The molecule has 1 aromatic carbocycles. The molecule has 0 amide bonds. The molecule has 2 heteroatoms. The molecule has 1 rings (SSSR count). The van der Waals surface area contributed by atoms with Crippen LogP contribution in [0.25, 0.3) is 0 Å². The van der Waals surface area contributed by atoms with Crippen LogP contribution < -0.4 is 4.74 Å². The molecule has 2 nitrogen and oxygen atoms in total. The molecule has 0 saturated carbocycles. The normalized spacial score (nSPS) is 9.50. The highest BCUT2D eigenvalue weighted by molar-refractivity contribution is 5.75. The van der Waals surface area contributed by atoms with Gasteiger partial charge < -0.3 is 4.74 Å². The molecule has 74 valence electrons. The molecular weight excluding hydrogens is 176 g/mol. The molecule has 14 heavy (non-hydrogen) atoms. The Bertz CT molecular complexity index is 329. The van der Waals surface area contributed by atoms with E-state index in [0.717, 1.165) is 24.0 Å². The maximum atomic E-state index is 10.5. The lowest BCUT2D eigenvalue weighted by molar-refractivity contribution is 0.112. The number of carbonyl (C=O) groups excluding carboxylic acids is 1. The summed E-state index contributed by atoms with van der Waals surface area (Å²) >= 11 is 0. The molecule has 0 atom stereocenters. The van der Waals surface area contributed by atoms with E-state index in [0.29, 0.717) is 12.2 Å². The van der Waals surface area contributed by atoms with E-state index >= 15 is 0 Å². The van der Waals surface area contributed by atoms with Crippen molar-refractivity contribution in [1.82, 2.24) is 0 Å². The van der Waals surface area contributed by atoms with Gasteiger partial charge in [-0.2, -0.15) is 0 Å². The van der Waals surface area contributed by atoms with Gasteiger partial charge >= 0.3 is 0 Å². The molecule has 0 bridgehead atoms. The predicted octanol–water partition coefficient (Wildman–Crippen LogP) is 2.84.